The molecule has 102 valence electrons. The standard InChI is InChI=1S/C15H18FNO2/c1-3-4-11-8-14(18)17(9-11)15(19)12-7-10(2)5-6-13(12)16/h5-7,11H,3-4,8-9H2,1-2H3. The number of likely N-dealkylation sites (tertiary alicyclic amines) is 1. The molecule has 2 amide bonds. The van der Waals surface area contributed by atoms with Crippen LogP contribution in [-0.2, 0) is 4.79 Å². The van der Waals surface area contributed by atoms with Gasteiger partial charge in [-0.2, -0.15) is 0 Å². The molecule has 4 heteroatoms. The monoisotopic (exact) mass is 263 g/mol. The zero-order valence-corrected chi connectivity index (χ0v) is 11.3. The van der Waals surface area contributed by atoms with Crippen molar-refractivity contribution in [2.75, 3.05) is 6.54 Å². The Labute approximate surface area is 112 Å². The lowest BCUT2D eigenvalue weighted by Gasteiger charge is -2.15. The van der Waals surface area contributed by atoms with Crippen molar-refractivity contribution >= 4 is 11.8 Å². The molecule has 19 heavy (non-hydrogen) atoms. The summed E-state index contributed by atoms with van der Waals surface area (Å²) in [7, 11) is 0. The van der Waals surface area contributed by atoms with E-state index in [2.05, 4.69) is 6.92 Å². The quantitative estimate of drug-likeness (QED) is 0.786. The molecule has 0 bridgehead atoms. The molecule has 1 fully saturated rings. The van der Waals surface area contributed by atoms with Gasteiger partial charge in [0.15, 0.2) is 0 Å². The predicted molar refractivity (Wildman–Crippen MR) is 70.2 cm³/mol. The lowest BCUT2D eigenvalue weighted by molar-refractivity contribution is -0.125. The van der Waals surface area contributed by atoms with Gasteiger partial charge in [-0.3, -0.25) is 14.5 Å². The second-order valence-electron chi connectivity index (χ2n) is 5.15. The summed E-state index contributed by atoms with van der Waals surface area (Å²) < 4.78 is 13.7. The Hall–Kier alpha value is -1.71. The van der Waals surface area contributed by atoms with E-state index in [1.54, 1.807) is 13.0 Å². The summed E-state index contributed by atoms with van der Waals surface area (Å²) in [6.45, 7) is 4.26. The molecular weight excluding hydrogens is 245 g/mol. The molecule has 2 rings (SSSR count). The number of nitrogens with zero attached hydrogens (tertiary/aromatic N) is 1. The van der Waals surface area contributed by atoms with Crippen molar-refractivity contribution in [3.05, 3.63) is 35.1 Å². The molecule has 0 aliphatic carbocycles. The van der Waals surface area contributed by atoms with Gasteiger partial charge in [-0.15, -0.1) is 0 Å². The van der Waals surface area contributed by atoms with E-state index in [-0.39, 0.29) is 17.4 Å². The molecule has 1 saturated heterocycles. The van der Waals surface area contributed by atoms with Crippen molar-refractivity contribution in [2.24, 2.45) is 5.92 Å². The maximum atomic E-state index is 13.7. The SMILES string of the molecule is CCCC1CC(=O)N(C(=O)c2cc(C)ccc2F)C1. The van der Waals surface area contributed by atoms with Crippen molar-refractivity contribution < 1.29 is 14.0 Å². The molecule has 3 nitrogen and oxygen atoms in total. The van der Waals surface area contributed by atoms with Crippen LogP contribution < -0.4 is 0 Å². The summed E-state index contributed by atoms with van der Waals surface area (Å²) in [5.41, 5.74) is 0.798. The van der Waals surface area contributed by atoms with Gasteiger partial charge >= 0.3 is 0 Å². The number of amides is 2. The highest BCUT2D eigenvalue weighted by Crippen LogP contribution is 2.24. The maximum Gasteiger partial charge on any atom is 0.263 e. The van der Waals surface area contributed by atoms with Crippen LogP contribution in [0.5, 0.6) is 0 Å². The fourth-order valence-corrected chi connectivity index (χ4v) is 2.53. The van der Waals surface area contributed by atoms with Gasteiger partial charge in [-0.05, 0) is 31.4 Å². The van der Waals surface area contributed by atoms with E-state index in [0.717, 1.165) is 18.4 Å². The van der Waals surface area contributed by atoms with Crippen molar-refractivity contribution in [1.29, 1.82) is 0 Å². The summed E-state index contributed by atoms with van der Waals surface area (Å²) in [6.07, 6.45) is 2.30. The first-order valence-electron chi connectivity index (χ1n) is 6.63. The molecule has 1 aliphatic rings. The van der Waals surface area contributed by atoms with Crippen LogP contribution in [-0.4, -0.2) is 23.3 Å². The number of benzene rings is 1. The lowest BCUT2D eigenvalue weighted by atomic mass is 10.0. The number of carbonyl (C=O) groups excluding carboxylic acids is 2. The molecule has 1 unspecified atom stereocenters. The lowest BCUT2D eigenvalue weighted by Crippen LogP contribution is -2.33. The molecule has 1 aliphatic heterocycles. The van der Waals surface area contributed by atoms with Crippen molar-refractivity contribution in [3.8, 4) is 0 Å². The highest BCUT2D eigenvalue weighted by atomic mass is 19.1. The van der Waals surface area contributed by atoms with Crippen molar-refractivity contribution in [1.82, 2.24) is 4.90 Å². The molecule has 1 aromatic rings. The second kappa shape index (κ2) is 5.51. The van der Waals surface area contributed by atoms with Crippen LogP contribution in [0.4, 0.5) is 4.39 Å². The van der Waals surface area contributed by atoms with Gasteiger partial charge in [0.2, 0.25) is 5.91 Å². The third-order valence-electron chi connectivity index (χ3n) is 3.50. The van der Waals surface area contributed by atoms with Crippen LogP contribution in [0.15, 0.2) is 18.2 Å². The van der Waals surface area contributed by atoms with Gasteiger partial charge in [0.05, 0.1) is 5.56 Å². The first-order valence-corrected chi connectivity index (χ1v) is 6.63. The molecule has 1 aromatic carbocycles. The van der Waals surface area contributed by atoms with Gasteiger partial charge in [0.1, 0.15) is 5.82 Å². The minimum atomic E-state index is -0.567. The first-order chi connectivity index (χ1) is 9.02. The zero-order chi connectivity index (χ0) is 14.0. The Morgan fingerprint density at radius 3 is 2.89 bits per heavy atom. The Bertz CT molecular complexity index is 513. The summed E-state index contributed by atoms with van der Waals surface area (Å²) >= 11 is 0. The normalized spacial score (nSPS) is 19.0. The number of hydrogen-bond donors (Lipinski definition) is 0. The highest BCUT2D eigenvalue weighted by Gasteiger charge is 2.34. The third-order valence-corrected chi connectivity index (χ3v) is 3.50. The fraction of sp³-hybridized carbons (Fsp3) is 0.467. The Balaban J connectivity index is 2.20. The third kappa shape index (κ3) is 2.83. The van der Waals surface area contributed by atoms with E-state index in [9.17, 15) is 14.0 Å². The molecule has 0 spiro atoms. The number of aryl methyl sites for hydroxylation is 1. The van der Waals surface area contributed by atoms with E-state index >= 15 is 0 Å². The largest absolute Gasteiger partial charge is 0.278 e. The van der Waals surface area contributed by atoms with Crippen LogP contribution in [0.1, 0.15) is 42.1 Å². The van der Waals surface area contributed by atoms with Gasteiger partial charge in [0.25, 0.3) is 5.91 Å². The van der Waals surface area contributed by atoms with Gasteiger partial charge in [0, 0.05) is 13.0 Å². The maximum absolute atomic E-state index is 13.7. The van der Waals surface area contributed by atoms with E-state index < -0.39 is 11.7 Å². The average Bonchev–Trinajstić information content (AvgIpc) is 2.73. The molecular formula is C15H18FNO2. The molecule has 0 N–H and O–H groups in total. The van der Waals surface area contributed by atoms with Crippen LogP contribution in [0.25, 0.3) is 0 Å². The number of imide groups is 1. The van der Waals surface area contributed by atoms with Gasteiger partial charge < -0.3 is 0 Å². The Morgan fingerprint density at radius 2 is 2.21 bits per heavy atom. The summed E-state index contributed by atoms with van der Waals surface area (Å²) in [5.74, 6) is -1.05. The minimum Gasteiger partial charge on any atom is -0.278 e. The highest BCUT2D eigenvalue weighted by molar-refractivity contribution is 6.05. The van der Waals surface area contributed by atoms with Crippen LogP contribution >= 0.6 is 0 Å². The Kier molecular flexibility index (Phi) is 3.98. The van der Waals surface area contributed by atoms with E-state index in [0.29, 0.717) is 13.0 Å². The average molecular weight is 263 g/mol. The molecule has 0 aromatic heterocycles. The Morgan fingerprint density at radius 1 is 1.47 bits per heavy atom. The van der Waals surface area contributed by atoms with Crippen LogP contribution in [0, 0.1) is 18.7 Å². The van der Waals surface area contributed by atoms with E-state index in [1.807, 2.05) is 0 Å². The predicted octanol–water partition coefficient (Wildman–Crippen LogP) is 2.92. The number of carbonyl (C=O) groups is 2. The van der Waals surface area contributed by atoms with Gasteiger partial charge in [-0.25, -0.2) is 4.39 Å². The zero-order valence-electron chi connectivity index (χ0n) is 11.3. The summed E-state index contributed by atoms with van der Waals surface area (Å²) in [5, 5.41) is 0. The van der Waals surface area contributed by atoms with Crippen LogP contribution in [0.2, 0.25) is 0 Å². The number of hydrogen-bond acceptors (Lipinski definition) is 2. The van der Waals surface area contributed by atoms with E-state index in [4.69, 9.17) is 0 Å². The molecule has 1 atom stereocenters. The topological polar surface area (TPSA) is 37.4 Å². The van der Waals surface area contributed by atoms with Crippen molar-refractivity contribution in [3.63, 3.8) is 0 Å². The van der Waals surface area contributed by atoms with Gasteiger partial charge in [-0.1, -0.05) is 25.0 Å². The first kappa shape index (κ1) is 13.7. The molecule has 0 radical (unpaired) electrons. The number of rotatable bonds is 3. The summed E-state index contributed by atoms with van der Waals surface area (Å²) in [4.78, 5) is 25.3. The fourth-order valence-electron chi connectivity index (χ4n) is 2.53. The number of halogens is 1. The van der Waals surface area contributed by atoms with E-state index in [1.165, 1.54) is 17.0 Å². The van der Waals surface area contributed by atoms with Crippen LogP contribution in [0.3, 0.4) is 0 Å². The smallest absolute Gasteiger partial charge is 0.263 e. The minimum absolute atomic E-state index is 0.00880. The second-order valence-corrected chi connectivity index (χ2v) is 5.15. The molecule has 1 heterocycles. The summed E-state index contributed by atoms with van der Waals surface area (Å²) in [6, 6.07) is 4.38. The van der Waals surface area contributed by atoms with Crippen molar-refractivity contribution in [2.45, 2.75) is 33.1 Å². The molecule has 0 saturated carbocycles.